The second-order valence-electron chi connectivity index (χ2n) is 4.38. The molecule has 2 N–H and O–H groups in total. The highest BCUT2D eigenvalue weighted by atomic mass is 35.5. The van der Waals surface area contributed by atoms with Crippen LogP contribution in [0.3, 0.4) is 0 Å². The number of aromatic nitrogens is 3. The Morgan fingerprint density at radius 1 is 1.25 bits per heavy atom. The average Bonchev–Trinajstić information content (AvgIpc) is 2.78. The number of nitrogens with two attached hydrogens (primary N) is 1. The van der Waals surface area contributed by atoms with Gasteiger partial charge in [0, 0.05) is 24.8 Å². The van der Waals surface area contributed by atoms with E-state index in [1.54, 1.807) is 24.4 Å². The number of nitrogens with zero attached hydrogens (tertiary/aromatic N) is 3. The maximum atomic E-state index is 13.0. The van der Waals surface area contributed by atoms with Crippen LogP contribution in [0.4, 0.5) is 4.39 Å². The monoisotopic (exact) mass is 290 g/mol. The van der Waals surface area contributed by atoms with E-state index in [1.165, 1.54) is 12.1 Å². The zero-order valence-electron chi connectivity index (χ0n) is 10.6. The molecule has 2 aromatic heterocycles. The lowest BCUT2D eigenvalue weighted by Gasteiger charge is -2.06. The molecule has 0 unspecified atom stereocenters. The Balaban J connectivity index is 2.22. The number of benzene rings is 1. The molecule has 0 amide bonds. The summed E-state index contributed by atoms with van der Waals surface area (Å²) in [5.41, 5.74) is 7.88. The summed E-state index contributed by atoms with van der Waals surface area (Å²) in [4.78, 5) is 8.83. The second-order valence-corrected chi connectivity index (χ2v) is 4.82. The van der Waals surface area contributed by atoms with Gasteiger partial charge in [-0.25, -0.2) is 14.4 Å². The summed E-state index contributed by atoms with van der Waals surface area (Å²) >= 11 is 5.94. The van der Waals surface area contributed by atoms with Crippen molar-refractivity contribution in [3.8, 4) is 11.4 Å². The van der Waals surface area contributed by atoms with Crippen molar-refractivity contribution >= 4 is 22.8 Å². The molecule has 0 fully saturated rings. The smallest absolute Gasteiger partial charge is 0.160 e. The third-order valence-corrected chi connectivity index (χ3v) is 3.21. The summed E-state index contributed by atoms with van der Waals surface area (Å²) in [6.45, 7) is 1.04. The van der Waals surface area contributed by atoms with Crippen LogP contribution in [0.15, 0.2) is 36.5 Å². The third kappa shape index (κ3) is 2.26. The Hall–Kier alpha value is -1.98. The van der Waals surface area contributed by atoms with Gasteiger partial charge < -0.3 is 10.3 Å². The van der Waals surface area contributed by atoms with Gasteiger partial charge in [-0.2, -0.15) is 0 Å². The highest BCUT2D eigenvalue weighted by Crippen LogP contribution is 2.25. The molecule has 0 bridgehead atoms. The summed E-state index contributed by atoms with van der Waals surface area (Å²) < 4.78 is 14.9. The van der Waals surface area contributed by atoms with Crippen LogP contribution in [0.25, 0.3) is 22.6 Å². The van der Waals surface area contributed by atoms with Gasteiger partial charge >= 0.3 is 0 Å². The van der Waals surface area contributed by atoms with Gasteiger partial charge in [0.05, 0.1) is 5.02 Å². The SMILES string of the molecule is NCCn1c(-c2ccc(F)cc2)nc2cc(Cl)cnc21. The highest BCUT2D eigenvalue weighted by molar-refractivity contribution is 6.31. The van der Waals surface area contributed by atoms with Crippen LogP contribution in [0.5, 0.6) is 0 Å². The minimum absolute atomic E-state index is 0.281. The lowest BCUT2D eigenvalue weighted by molar-refractivity contribution is 0.628. The summed E-state index contributed by atoms with van der Waals surface area (Å²) in [7, 11) is 0. The molecule has 0 atom stereocenters. The molecule has 0 aliphatic rings. The number of halogens is 2. The third-order valence-electron chi connectivity index (χ3n) is 3.01. The van der Waals surface area contributed by atoms with E-state index in [0.29, 0.717) is 29.5 Å². The Labute approximate surface area is 120 Å². The van der Waals surface area contributed by atoms with Crippen molar-refractivity contribution in [1.29, 1.82) is 0 Å². The van der Waals surface area contributed by atoms with Crippen LogP contribution in [0.2, 0.25) is 5.02 Å². The minimum Gasteiger partial charge on any atom is -0.329 e. The van der Waals surface area contributed by atoms with Crippen molar-refractivity contribution in [3.63, 3.8) is 0 Å². The molecular weight excluding hydrogens is 279 g/mol. The van der Waals surface area contributed by atoms with Crippen molar-refractivity contribution in [2.75, 3.05) is 6.54 Å². The molecule has 0 saturated carbocycles. The van der Waals surface area contributed by atoms with E-state index in [2.05, 4.69) is 9.97 Å². The van der Waals surface area contributed by atoms with E-state index in [0.717, 1.165) is 11.2 Å². The molecule has 6 heteroatoms. The van der Waals surface area contributed by atoms with Gasteiger partial charge in [-0.15, -0.1) is 0 Å². The van der Waals surface area contributed by atoms with Crippen molar-refractivity contribution in [1.82, 2.24) is 14.5 Å². The molecule has 102 valence electrons. The predicted octanol–water partition coefficient (Wildman–Crippen LogP) is 2.85. The first-order chi connectivity index (χ1) is 9.69. The number of hydrogen-bond donors (Lipinski definition) is 1. The van der Waals surface area contributed by atoms with E-state index in [-0.39, 0.29) is 5.82 Å². The van der Waals surface area contributed by atoms with Gasteiger partial charge in [-0.1, -0.05) is 11.6 Å². The van der Waals surface area contributed by atoms with Gasteiger partial charge in [-0.3, -0.25) is 0 Å². The molecule has 0 aliphatic heterocycles. The van der Waals surface area contributed by atoms with Crippen molar-refractivity contribution in [3.05, 3.63) is 47.4 Å². The maximum Gasteiger partial charge on any atom is 0.160 e. The number of hydrogen-bond acceptors (Lipinski definition) is 3. The molecule has 0 aliphatic carbocycles. The fourth-order valence-corrected chi connectivity index (χ4v) is 2.30. The number of imidazole rings is 1. The largest absolute Gasteiger partial charge is 0.329 e. The van der Waals surface area contributed by atoms with E-state index in [9.17, 15) is 4.39 Å². The van der Waals surface area contributed by atoms with Gasteiger partial charge in [0.2, 0.25) is 0 Å². The molecule has 1 aromatic carbocycles. The normalized spacial score (nSPS) is 11.2. The maximum absolute atomic E-state index is 13.0. The van der Waals surface area contributed by atoms with E-state index in [1.807, 2.05) is 4.57 Å². The van der Waals surface area contributed by atoms with Gasteiger partial charge in [0.25, 0.3) is 0 Å². The first-order valence-electron chi connectivity index (χ1n) is 6.17. The molecule has 2 heterocycles. The zero-order chi connectivity index (χ0) is 14.1. The van der Waals surface area contributed by atoms with Crippen LogP contribution in [-0.4, -0.2) is 21.1 Å². The van der Waals surface area contributed by atoms with E-state index in [4.69, 9.17) is 17.3 Å². The quantitative estimate of drug-likeness (QED) is 0.807. The van der Waals surface area contributed by atoms with E-state index >= 15 is 0 Å². The lowest BCUT2D eigenvalue weighted by atomic mass is 10.2. The number of rotatable bonds is 3. The van der Waals surface area contributed by atoms with Crippen LogP contribution >= 0.6 is 11.6 Å². The molecular formula is C14H12ClFN4. The summed E-state index contributed by atoms with van der Waals surface area (Å²) in [5, 5.41) is 0.528. The Morgan fingerprint density at radius 3 is 2.70 bits per heavy atom. The number of pyridine rings is 1. The zero-order valence-corrected chi connectivity index (χ0v) is 11.3. The molecule has 20 heavy (non-hydrogen) atoms. The molecule has 4 nitrogen and oxygen atoms in total. The van der Waals surface area contributed by atoms with Gasteiger partial charge in [-0.05, 0) is 30.3 Å². The van der Waals surface area contributed by atoms with Crippen LogP contribution in [0, 0.1) is 5.82 Å². The molecule has 0 spiro atoms. The number of fused-ring (bicyclic) bond motifs is 1. The molecule has 3 rings (SSSR count). The van der Waals surface area contributed by atoms with Crippen LogP contribution < -0.4 is 5.73 Å². The van der Waals surface area contributed by atoms with Crippen molar-refractivity contribution in [2.45, 2.75) is 6.54 Å². The van der Waals surface area contributed by atoms with Crippen molar-refractivity contribution in [2.24, 2.45) is 5.73 Å². The first-order valence-corrected chi connectivity index (χ1v) is 6.54. The van der Waals surface area contributed by atoms with Crippen LogP contribution in [-0.2, 0) is 6.54 Å². The van der Waals surface area contributed by atoms with E-state index < -0.39 is 0 Å². The minimum atomic E-state index is -0.281. The fourth-order valence-electron chi connectivity index (χ4n) is 2.15. The fraction of sp³-hybridized carbons (Fsp3) is 0.143. The first kappa shape index (κ1) is 13.0. The van der Waals surface area contributed by atoms with Gasteiger partial charge in [0.1, 0.15) is 17.2 Å². The Bertz CT molecular complexity index is 752. The molecule has 0 radical (unpaired) electrons. The lowest BCUT2D eigenvalue weighted by Crippen LogP contribution is -2.11. The Morgan fingerprint density at radius 2 is 2.00 bits per heavy atom. The summed E-state index contributed by atoms with van der Waals surface area (Å²) in [6.07, 6.45) is 1.58. The molecule has 3 aromatic rings. The van der Waals surface area contributed by atoms with Crippen molar-refractivity contribution < 1.29 is 4.39 Å². The summed E-state index contributed by atoms with van der Waals surface area (Å²) in [6, 6.07) is 7.93. The highest BCUT2D eigenvalue weighted by Gasteiger charge is 2.13. The standard InChI is InChI=1S/C14H12ClFN4/c15-10-7-12-14(18-8-10)20(6-5-17)13(19-12)9-1-3-11(16)4-2-9/h1-4,7-8H,5-6,17H2. The second kappa shape index (κ2) is 5.19. The van der Waals surface area contributed by atoms with Crippen LogP contribution in [0.1, 0.15) is 0 Å². The molecule has 0 saturated heterocycles. The topological polar surface area (TPSA) is 56.7 Å². The van der Waals surface area contributed by atoms with Gasteiger partial charge in [0.15, 0.2) is 5.65 Å². The summed E-state index contributed by atoms with van der Waals surface area (Å²) in [5.74, 6) is 0.427. The predicted molar refractivity (Wildman–Crippen MR) is 77.0 cm³/mol. The average molecular weight is 291 g/mol. The Kier molecular flexibility index (Phi) is 3.38.